The molecule has 0 saturated carbocycles. The summed E-state index contributed by atoms with van der Waals surface area (Å²) in [7, 11) is 1.57. The van der Waals surface area contributed by atoms with E-state index >= 15 is 0 Å². The summed E-state index contributed by atoms with van der Waals surface area (Å²) in [5.74, 6) is 1.95. The third-order valence-electron chi connectivity index (χ3n) is 5.72. The first kappa shape index (κ1) is 28.1. The van der Waals surface area contributed by atoms with E-state index in [4.69, 9.17) is 30.9 Å². The number of thioether (sulfide) groups is 1. The number of hydrogen-bond donors (Lipinski definition) is 1. The van der Waals surface area contributed by atoms with Crippen LogP contribution < -0.4 is 14.8 Å². The second kappa shape index (κ2) is 12.7. The lowest BCUT2D eigenvalue weighted by Gasteiger charge is -2.28. The van der Waals surface area contributed by atoms with Crippen LogP contribution in [0.4, 0.5) is 5.95 Å². The number of rotatable bonds is 11. The highest BCUT2D eigenvalue weighted by Crippen LogP contribution is 2.43. The number of halogens is 2. The number of allylic oxidation sites excluding steroid dienone is 1. The van der Waals surface area contributed by atoms with Gasteiger partial charge in [-0.2, -0.15) is 4.98 Å². The Morgan fingerprint density at radius 3 is 2.84 bits per heavy atom. The number of ether oxygens (including phenoxy) is 3. The quantitative estimate of drug-likeness (QED) is 0.142. The van der Waals surface area contributed by atoms with E-state index in [1.807, 2.05) is 43.3 Å². The van der Waals surface area contributed by atoms with E-state index in [0.717, 1.165) is 23.3 Å². The lowest BCUT2D eigenvalue weighted by atomic mass is 9.95. The molecule has 1 atom stereocenters. The number of carbonyl (C=O) groups excluding carboxylic acids is 1. The van der Waals surface area contributed by atoms with Crippen molar-refractivity contribution in [2.24, 2.45) is 0 Å². The maximum Gasteiger partial charge on any atom is 0.338 e. The summed E-state index contributed by atoms with van der Waals surface area (Å²) in [5.41, 5.74) is 2.63. The van der Waals surface area contributed by atoms with Gasteiger partial charge in [-0.25, -0.2) is 9.48 Å². The van der Waals surface area contributed by atoms with E-state index in [0.29, 0.717) is 43.4 Å². The van der Waals surface area contributed by atoms with Crippen LogP contribution in [0.3, 0.4) is 0 Å². The SMILES string of the molecule is C=CCOC(=O)C1=C(C)Nc2nc(SCCC)nn2C1c1cc(Br)c(OCc2ccccc2Cl)c(OC)c1. The Balaban J connectivity index is 1.76. The normalized spacial score (nSPS) is 14.5. The van der Waals surface area contributed by atoms with Crippen LogP contribution in [0.25, 0.3) is 0 Å². The number of benzene rings is 2. The zero-order valence-corrected chi connectivity index (χ0v) is 24.5. The van der Waals surface area contributed by atoms with Gasteiger partial charge in [-0.05, 0) is 53.0 Å². The van der Waals surface area contributed by atoms with Crippen molar-refractivity contribution in [2.45, 2.75) is 38.1 Å². The van der Waals surface area contributed by atoms with Gasteiger partial charge in [0.25, 0.3) is 0 Å². The number of methoxy groups -OCH3 is 1. The molecule has 0 saturated heterocycles. The molecule has 0 amide bonds. The molecule has 1 N–H and O–H groups in total. The van der Waals surface area contributed by atoms with Gasteiger partial charge in [0.1, 0.15) is 19.3 Å². The Kier molecular flexibility index (Phi) is 9.40. The van der Waals surface area contributed by atoms with E-state index in [1.54, 1.807) is 23.6 Å². The van der Waals surface area contributed by atoms with Crippen LogP contribution in [0.5, 0.6) is 11.5 Å². The first-order valence-corrected chi connectivity index (χ1v) is 14.1. The summed E-state index contributed by atoms with van der Waals surface area (Å²) in [5, 5.41) is 9.18. The molecule has 11 heteroatoms. The Morgan fingerprint density at radius 1 is 1.34 bits per heavy atom. The topological polar surface area (TPSA) is 87.5 Å². The zero-order chi connectivity index (χ0) is 27.2. The van der Waals surface area contributed by atoms with Gasteiger partial charge >= 0.3 is 5.97 Å². The highest BCUT2D eigenvalue weighted by molar-refractivity contribution is 9.10. The molecule has 0 spiro atoms. The number of hydrogen-bond acceptors (Lipinski definition) is 8. The van der Waals surface area contributed by atoms with E-state index in [2.05, 4.69) is 39.7 Å². The van der Waals surface area contributed by atoms with Crippen LogP contribution in [0.2, 0.25) is 5.02 Å². The summed E-state index contributed by atoms with van der Waals surface area (Å²) in [6, 6.07) is 10.6. The van der Waals surface area contributed by atoms with Crippen molar-refractivity contribution in [3.8, 4) is 11.5 Å². The molecule has 8 nitrogen and oxygen atoms in total. The Hall–Kier alpha value is -2.95. The van der Waals surface area contributed by atoms with Gasteiger partial charge < -0.3 is 19.5 Å². The predicted octanol–water partition coefficient (Wildman–Crippen LogP) is 6.80. The van der Waals surface area contributed by atoms with Crippen LogP contribution >= 0.6 is 39.3 Å². The van der Waals surface area contributed by atoms with Gasteiger partial charge in [0.2, 0.25) is 11.1 Å². The van der Waals surface area contributed by atoms with E-state index < -0.39 is 12.0 Å². The van der Waals surface area contributed by atoms with Crippen LogP contribution in [0.1, 0.15) is 37.4 Å². The van der Waals surface area contributed by atoms with Crippen molar-refractivity contribution in [1.29, 1.82) is 0 Å². The molecule has 0 radical (unpaired) electrons. The summed E-state index contributed by atoms with van der Waals surface area (Å²) in [4.78, 5) is 17.9. The largest absolute Gasteiger partial charge is 0.493 e. The molecule has 0 aliphatic carbocycles. The lowest BCUT2D eigenvalue weighted by molar-refractivity contribution is -0.138. The Labute approximate surface area is 239 Å². The van der Waals surface area contributed by atoms with Gasteiger partial charge in [-0.3, -0.25) is 0 Å². The summed E-state index contributed by atoms with van der Waals surface area (Å²) in [6.07, 6.45) is 2.52. The number of anilines is 1. The minimum atomic E-state index is -0.616. The van der Waals surface area contributed by atoms with Gasteiger partial charge in [0.05, 0.1) is 17.2 Å². The van der Waals surface area contributed by atoms with Gasteiger partial charge in [-0.1, -0.05) is 61.1 Å². The molecular weight excluding hydrogens is 592 g/mol. The fraction of sp³-hybridized carbons (Fsp3) is 0.296. The smallest absolute Gasteiger partial charge is 0.338 e. The van der Waals surface area contributed by atoms with Gasteiger partial charge in [-0.15, -0.1) is 5.10 Å². The van der Waals surface area contributed by atoms with E-state index in [9.17, 15) is 4.79 Å². The number of nitrogens with one attached hydrogen (secondary N) is 1. The summed E-state index contributed by atoms with van der Waals surface area (Å²) < 4.78 is 19.6. The average Bonchev–Trinajstić information content (AvgIpc) is 3.31. The first-order valence-electron chi connectivity index (χ1n) is 12.0. The molecule has 2 heterocycles. The highest BCUT2D eigenvalue weighted by Gasteiger charge is 2.36. The molecule has 1 unspecified atom stereocenters. The first-order chi connectivity index (χ1) is 18.4. The number of fused-ring (bicyclic) bond motifs is 1. The van der Waals surface area contributed by atoms with Crippen molar-refractivity contribution in [3.05, 3.63) is 80.9 Å². The van der Waals surface area contributed by atoms with Crippen molar-refractivity contribution in [2.75, 3.05) is 24.8 Å². The number of aromatic nitrogens is 3. The third kappa shape index (κ3) is 6.03. The average molecular weight is 620 g/mol. The molecule has 1 aromatic heterocycles. The Bertz CT molecular complexity index is 1380. The monoisotopic (exact) mass is 618 g/mol. The fourth-order valence-electron chi connectivity index (χ4n) is 3.97. The van der Waals surface area contributed by atoms with Crippen molar-refractivity contribution in [1.82, 2.24) is 14.8 Å². The predicted molar refractivity (Wildman–Crippen MR) is 153 cm³/mol. The van der Waals surface area contributed by atoms with Crippen molar-refractivity contribution < 1.29 is 19.0 Å². The maximum absolute atomic E-state index is 13.2. The molecule has 3 aromatic rings. The number of esters is 1. The number of carbonyl (C=O) groups is 1. The van der Waals surface area contributed by atoms with Crippen LogP contribution in [-0.2, 0) is 16.1 Å². The molecule has 2 aromatic carbocycles. The van der Waals surface area contributed by atoms with E-state index in [-0.39, 0.29) is 13.2 Å². The minimum absolute atomic E-state index is 0.0893. The molecule has 1 aliphatic heterocycles. The molecule has 200 valence electrons. The third-order valence-corrected chi connectivity index (χ3v) is 7.72. The second-order valence-electron chi connectivity index (χ2n) is 8.38. The molecule has 0 fully saturated rings. The number of nitrogens with zero attached hydrogens (tertiary/aromatic N) is 3. The minimum Gasteiger partial charge on any atom is -0.493 e. The Morgan fingerprint density at radius 2 is 2.13 bits per heavy atom. The summed E-state index contributed by atoms with van der Waals surface area (Å²) >= 11 is 11.5. The second-order valence-corrected chi connectivity index (χ2v) is 10.7. The lowest BCUT2D eigenvalue weighted by Crippen LogP contribution is -2.29. The van der Waals surface area contributed by atoms with Gasteiger partial charge in [0, 0.05) is 22.0 Å². The fourth-order valence-corrected chi connectivity index (χ4v) is 5.42. The van der Waals surface area contributed by atoms with Crippen molar-refractivity contribution in [3.63, 3.8) is 0 Å². The molecule has 0 bridgehead atoms. The maximum atomic E-state index is 13.2. The van der Waals surface area contributed by atoms with Crippen LogP contribution in [0.15, 0.2) is 70.0 Å². The van der Waals surface area contributed by atoms with Crippen LogP contribution in [-0.4, -0.2) is 40.2 Å². The molecular formula is C27H28BrClN4O4S. The summed E-state index contributed by atoms with van der Waals surface area (Å²) in [6.45, 7) is 7.91. The standard InChI is InChI=1S/C27H28BrClN4O4S/c1-5-11-36-25(34)22-16(3)30-26-31-27(38-12-6-2)32-33(26)23(22)18-13-19(28)24(21(14-18)35-4)37-15-17-9-7-8-10-20(17)29/h5,7-10,13-14,23H,1,6,11-12,15H2,2-4H3,(H,30,31,32). The molecule has 4 rings (SSSR count). The molecule has 1 aliphatic rings. The zero-order valence-electron chi connectivity index (χ0n) is 21.3. The van der Waals surface area contributed by atoms with Gasteiger partial charge in [0.15, 0.2) is 11.5 Å². The highest BCUT2D eigenvalue weighted by atomic mass is 79.9. The van der Waals surface area contributed by atoms with Crippen LogP contribution in [0, 0.1) is 0 Å². The molecule has 38 heavy (non-hydrogen) atoms. The van der Waals surface area contributed by atoms with Crippen molar-refractivity contribution >= 4 is 51.2 Å². The van der Waals surface area contributed by atoms with E-state index in [1.165, 1.54) is 6.08 Å².